The molecular weight excluding hydrogens is 298 g/mol. The lowest BCUT2D eigenvalue weighted by molar-refractivity contribution is 0.277. The molecule has 112 valence electrons. The second kappa shape index (κ2) is 5.91. The highest BCUT2D eigenvalue weighted by Gasteiger charge is 2.16. The summed E-state index contributed by atoms with van der Waals surface area (Å²) in [5.41, 5.74) is 5.25. The number of aliphatic hydroxyl groups is 1. The predicted octanol–water partition coefficient (Wildman–Crippen LogP) is 3.70. The summed E-state index contributed by atoms with van der Waals surface area (Å²) in [7, 11) is 0. The smallest absolute Gasteiger partial charge is 0.117 e. The van der Waals surface area contributed by atoms with Crippen LogP contribution in [0, 0.1) is 13.8 Å². The molecular formula is C17H16ClN3O. The number of hydrogen-bond donors (Lipinski definition) is 1. The van der Waals surface area contributed by atoms with Gasteiger partial charge in [0.15, 0.2) is 0 Å². The number of rotatable bonds is 3. The highest BCUT2D eigenvalue weighted by atomic mass is 35.5. The van der Waals surface area contributed by atoms with E-state index in [0.717, 1.165) is 28.1 Å². The fourth-order valence-electron chi connectivity index (χ4n) is 2.40. The van der Waals surface area contributed by atoms with Crippen LogP contribution in [0.25, 0.3) is 16.9 Å². The molecule has 1 heterocycles. The zero-order valence-electron chi connectivity index (χ0n) is 12.4. The second-order valence-electron chi connectivity index (χ2n) is 5.26. The minimum Gasteiger partial charge on any atom is -0.390 e. The topological polar surface area (TPSA) is 50.9 Å². The van der Waals surface area contributed by atoms with E-state index in [0.29, 0.717) is 10.7 Å². The van der Waals surface area contributed by atoms with Gasteiger partial charge in [0.25, 0.3) is 0 Å². The molecule has 0 fully saturated rings. The van der Waals surface area contributed by atoms with Crippen molar-refractivity contribution in [3.63, 3.8) is 0 Å². The summed E-state index contributed by atoms with van der Waals surface area (Å²) in [5, 5.41) is 18.5. The summed E-state index contributed by atoms with van der Waals surface area (Å²) in [5.74, 6) is 0. The van der Waals surface area contributed by atoms with Gasteiger partial charge in [0.05, 0.1) is 12.3 Å². The largest absolute Gasteiger partial charge is 0.390 e. The van der Waals surface area contributed by atoms with Gasteiger partial charge in [0.1, 0.15) is 11.4 Å². The Labute approximate surface area is 134 Å². The lowest BCUT2D eigenvalue weighted by Crippen LogP contribution is -2.01. The first-order valence-electron chi connectivity index (χ1n) is 6.99. The maximum absolute atomic E-state index is 9.57. The Bertz CT molecular complexity index is 827. The van der Waals surface area contributed by atoms with Gasteiger partial charge in [-0.2, -0.15) is 0 Å². The highest BCUT2D eigenvalue weighted by Crippen LogP contribution is 2.27. The second-order valence-corrected chi connectivity index (χ2v) is 5.66. The average molecular weight is 314 g/mol. The van der Waals surface area contributed by atoms with Crippen molar-refractivity contribution in [3.05, 3.63) is 64.3 Å². The molecule has 0 radical (unpaired) electrons. The third-order valence-corrected chi connectivity index (χ3v) is 3.99. The zero-order valence-corrected chi connectivity index (χ0v) is 13.2. The molecule has 0 unspecified atom stereocenters. The van der Waals surface area contributed by atoms with Gasteiger partial charge in [-0.05, 0) is 37.6 Å². The summed E-state index contributed by atoms with van der Waals surface area (Å²) in [6.45, 7) is 3.82. The Morgan fingerprint density at radius 1 is 1.14 bits per heavy atom. The van der Waals surface area contributed by atoms with E-state index in [2.05, 4.69) is 10.3 Å². The number of aromatic nitrogens is 3. The summed E-state index contributed by atoms with van der Waals surface area (Å²) < 4.78 is 1.71. The minimum absolute atomic E-state index is 0.164. The summed E-state index contributed by atoms with van der Waals surface area (Å²) >= 11 is 6.22. The Balaban J connectivity index is 2.21. The first kappa shape index (κ1) is 14.8. The molecule has 22 heavy (non-hydrogen) atoms. The Morgan fingerprint density at radius 2 is 1.95 bits per heavy atom. The van der Waals surface area contributed by atoms with Crippen LogP contribution in [-0.4, -0.2) is 20.1 Å². The van der Waals surface area contributed by atoms with Crippen LogP contribution in [0.5, 0.6) is 0 Å². The normalized spacial score (nSPS) is 10.9. The van der Waals surface area contributed by atoms with E-state index >= 15 is 0 Å². The summed E-state index contributed by atoms with van der Waals surface area (Å²) in [4.78, 5) is 0. The van der Waals surface area contributed by atoms with Crippen molar-refractivity contribution < 1.29 is 5.11 Å². The van der Waals surface area contributed by atoms with E-state index in [9.17, 15) is 5.11 Å². The molecule has 0 saturated carbocycles. The molecule has 2 aromatic carbocycles. The van der Waals surface area contributed by atoms with Gasteiger partial charge in [-0.15, -0.1) is 5.10 Å². The van der Waals surface area contributed by atoms with Crippen LogP contribution in [-0.2, 0) is 6.61 Å². The van der Waals surface area contributed by atoms with Crippen molar-refractivity contribution >= 4 is 11.6 Å². The molecule has 0 aliphatic carbocycles. The number of nitrogens with zero attached hydrogens (tertiary/aromatic N) is 3. The van der Waals surface area contributed by atoms with Crippen LogP contribution in [0.2, 0.25) is 5.02 Å². The molecule has 0 aliphatic rings. The molecule has 0 spiro atoms. The number of halogens is 1. The molecule has 0 atom stereocenters. The van der Waals surface area contributed by atoms with E-state index < -0.39 is 0 Å². The average Bonchev–Trinajstić information content (AvgIpc) is 2.94. The van der Waals surface area contributed by atoms with Crippen molar-refractivity contribution in [1.82, 2.24) is 15.0 Å². The molecule has 0 bridgehead atoms. The van der Waals surface area contributed by atoms with Crippen molar-refractivity contribution in [2.45, 2.75) is 20.5 Å². The SMILES string of the molecule is Cc1cccc(-c2c(CO)nnn2-c2ccc(C)c(Cl)c2)c1. The standard InChI is InChI=1S/C17H16ClN3O/c1-11-4-3-5-13(8-11)17-16(10-22)19-20-21(17)14-7-6-12(2)15(18)9-14/h3-9,22H,10H2,1-2H3. The number of aliphatic hydroxyl groups excluding tert-OH is 1. The van der Waals surface area contributed by atoms with Gasteiger partial charge < -0.3 is 5.11 Å². The molecule has 0 amide bonds. The molecule has 3 rings (SSSR count). The molecule has 0 aliphatic heterocycles. The van der Waals surface area contributed by atoms with Gasteiger partial charge in [0.2, 0.25) is 0 Å². The number of benzene rings is 2. The molecule has 4 nitrogen and oxygen atoms in total. The van der Waals surface area contributed by atoms with Crippen LogP contribution < -0.4 is 0 Å². The Kier molecular flexibility index (Phi) is 3.96. The third-order valence-electron chi connectivity index (χ3n) is 3.58. The highest BCUT2D eigenvalue weighted by molar-refractivity contribution is 6.31. The van der Waals surface area contributed by atoms with Gasteiger partial charge in [-0.25, -0.2) is 4.68 Å². The molecule has 5 heteroatoms. The zero-order chi connectivity index (χ0) is 15.7. The summed E-state index contributed by atoms with van der Waals surface area (Å²) in [6, 6.07) is 13.8. The molecule has 0 saturated heterocycles. The van der Waals surface area contributed by atoms with Crippen molar-refractivity contribution in [1.29, 1.82) is 0 Å². The maximum atomic E-state index is 9.57. The lowest BCUT2D eigenvalue weighted by Gasteiger charge is -2.09. The fourth-order valence-corrected chi connectivity index (χ4v) is 2.57. The van der Waals surface area contributed by atoms with Crippen LogP contribution >= 0.6 is 11.6 Å². The van der Waals surface area contributed by atoms with E-state index in [4.69, 9.17) is 11.6 Å². The van der Waals surface area contributed by atoms with Crippen LogP contribution in [0.15, 0.2) is 42.5 Å². The van der Waals surface area contributed by atoms with Crippen LogP contribution in [0.1, 0.15) is 16.8 Å². The van der Waals surface area contributed by atoms with Gasteiger partial charge >= 0.3 is 0 Å². The fraction of sp³-hybridized carbons (Fsp3) is 0.176. The van der Waals surface area contributed by atoms with E-state index in [-0.39, 0.29) is 6.61 Å². The minimum atomic E-state index is -0.164. The van der Waals surface area contributed by atoms with Gasteiger partial charge in [-0.3, -0.25) is 0 Å². The Hall–Kier alpha value is -2.17. The predicted molar refractivity (Wildman–Crippen MR) is 87.2 cm³/mol. The van der Waals surface area contributed by atoms with Crippen molar-refractivity contribution in [2.75, 3.05) is 0 Å². The van der Waals surface area contributed by atoms with E-state index in [1.165, 1.54) is 0 Å². The third kappa shape index (κ3) is 2.63. The molecule has 1 N–H and O–H groups in total. The first-order chi connectivity index (χ1) is 10.6. The first-order valence-corrected chi connectivity index (χ1v) is 7.37. The van der Waals surface area contributed by atoms with E-state index in [1.54, 1.807) is 4.68 Å². The number of hydrogen-bond acceptors (Lipinski definition) is 3. The van der Waals surface area contributed by atoms with E-state index in [1.807, 2.05) is 56.3 Å². The van der Waals surface area contributed by atoms with Crippen molar-refractivity contribution in [3.8, 4) is 16.9 Å². The van der Waals surface area contributed by atoms with Gasteiger partial charge in [0, 0.05) is 10.6 Å². The van der Waals surface area contributed by atoms with Crippen LogP contribution in [0.3, 0.4) is 0 Å². The van der Waals surface area contributed by atoms with Crippen molar-refractivity contribution in [2.24, 2.45) is 0 Å². The van der Waals surface area contributed by atoms with Crippen LogP contribution in [0.4, 0.5) is 0 Å². The molecule has 1 aromatic heterocycles. The quantitative estimate of drug-likeness (QED) is 0.802. The molecule has 3 aromatic rings. The number of aryl methyl sites for hydroxylation is 2. The van der Waals surface area contributed by atoms with Gasteiger partial charge in [-0.1, -0.05) is 46.6 Å². The summed E-state index contributed by atoms with van der Waals surface area (Å²) in [6.07, 6.45) is 0. The Morgan fingerprint density at radius 3 is 2.64 bits per heavy atom. The maximum Gasteiger partial charge on any atom is 0.117 e. The monoisotopic (exact) mass is 313 g/mol. The lowest BCUT2D eigenvalue weighted by atomic mass is 10.1.